The van der Waals surface area contributed by atoms with Crippen molar-refractivity contribution >= 4 is 17.7 Å². The summed E-state index contributed by atoms with van der Waals surface area (Å²) in [6.45, 7) is 0. The van der Waals surface area contributed by atoms with Gasteiger partial charge in [-0.15, -0.1) is 0 Å². The fourth-order valence-corrected chi connectivity index (χ4v) is 6.67. The van der Waals surface area contributed by atoms with Crippen LogP contribution in [0.15, 0.2) is 54.1 Å². The maximum atomic E-state index is 12.7. The minimum atomic E-state index is -0.495. The quantitative estimate of drug-likeness (QED) is 0.528. The summed E-state index contributed by atoms with van der Waals surface area (Å²) in [7, 11) is 1.59. The lowest BCUT2D eigenvalue weighted by molar-refractivity contribution is -0.137. The van der Waals surface area contributed by atoms with Crippen molar-refractivity contribution in [2.75, 3.05) is 12.4 Å². The van der Waals surface area contributed by atoms with Crippen LogP contribution in [0.3, 0.4) is 0 Å². The summed E-state index contributed by atoms with van der Waals surface area (Å²) >= 11 is 0. The molecule has 4 fully saturated rings. The molecule has 0 heterocycles. The van der Waals surface area contributed by atoms with Crippen LogP contribution in [0, 0.1) is 23.2 Å². The molecule has 2 aromatic carbocycles. The standard InChI is InChI=1S/C27H28N2O3/c1-32-24-8-2-18(3-9-24)11-21(16-28)25(30)29-23-6-4-22(5-7-23)26-12-19-10-20(13-26)15-27(31,14-19)17-26/h2-9,11,19-20,31H,10,12-15,17H2,1H3,(H,29,30)/b21-11+/t19-,20+,26?,27?. The number of carbonyl (C=O) groups is 1. The fourth-order valence-electron chi connectivity index (χ4n) is 6.67. The zero-order valence-corrected chi connectivity index (χ0v) is 18.3. The van der Waals surface area contributed by atoms with Gasteiger partial charge in [0.15, 0.2) is 0 Å². The number of aliphatic hydroxyl groups is 1. The summed E-state index contributed by atoms with van der Waals surface area (Å²) < 4.78 is 5.14. The van der Waals surface area contributed by atoms with E-state index in [9.17, 15) is 15.2 Å². The molecule has 0 radical (unpaired) electrons. The van der Waals surface area contributed by atoms with Crippen LogP contribution in [0.2, 0.25) is 0 Å². The molecule has 0 saturated heterocycles. The zero-order valence-electron chi connectivity index (χ0n) is 18.3. The average molecular weight is 429 g/mol. The SMILES string of the molecule is COc1ccc(/C=C(\C#N)C(=O)Nc2ccc(C34C[C@@H]5C[C@@H](CC(O)(C5)C3)C4)cc2)cc1. The second-order valence-corrected chi connectivity index (χ2v) is 9.94. The predicted molar refractivity (Wildman–Crippen MR) is 123 cm³/mol. The van der Waals surface area contributed by atoms with Crippen LogP contribution in [0.5, 0.6) is 5.75 Å². The van der Waals surface area contributed by atoms with Gasteiger partial charge in [0.25, 0.3) is 5.91 Å². The molecule has 5 heteroatoms. The predicted octanol–water partition coefficient (Wildman–Crippen LogP) is 4.82. The summed E-state index contributed by atoms with van der Waals surface area (Å²) in [5.74, 6) is 1.54. The normalized spacial score (nSPS) is 30.6. The summed E-state index contributed by atoms with van der Waals surface area (Å²) in [6, 6.07) is 17.2. The van der Waals surface area contributed by atoms with Gasteiger partial charge in [0.05, 0.1) is 12.7 Å². The Morgan fingerprint density at radius 3 is 2.31 bits per heavy atom. The highest BCUT2D eigenvalue weighted by molar-refractivity contribution is 6.09. The molecule has 0 aliphatic heterocycles. The Morgan fingerprint density at radius 2 is 1.75 bits per heavy atom. The van der Waals surface area contributed by atoms with Gasteiger partial charge in [-0.3, -0.25) is 4.79 Å². The number of carbonyl (C=O) groups excluding carboxylic acids is 1. The number of hydrogen-bond acceptors (Lipinski definition) is 4. The Kier molecular flexibility index (Phi) is 5.06. The van der Waals surface area contributed by atoms with Crippen molar-refractivity contribution in [2.45, 2.75) is 49.5 Å². The Labute approximate surface area is 188 Å². The van der Waals surface area contributed by atoms with Crippen molar-refractivity contribution in [3.63, 3.8) is 0 Å². The first kappa shape index (κ1) is 20.8. The van der Waals surface area contributed by atoms with Gasteiger partial charge in [0.2, 0.25) is 0 Å². The van der Waals surface area contributed by atoms with E-state index in [1.807, 2.05) is 18.2 Å². The second kappa shape index (κ2) is 7.79. The second-order valence-electron chi connectivity index (χ2n) is 9.94. The molecule has 4 atom stereocenters. The molecule has 6 rings (SSSR count). The molecular weight excluding hydrogens is 400 g/mol. The Hall–Kier alpha value is -3.10. The van der Waals surface area contributed by atoms with E-state index in [0.29, 0.717) is 17.5 Å². The molecule has 164 valence electrons. The van der Waals surface area contributed by atoms with E-state index in [1.54, 1.807) is 37.5 Å². The maximum absolute atomic E-state index is 12.7. The Morgan fingerprint density at radius 1 is 1.09 bits per heavy atom. The smallest absolute Gasteiger partial charge is 0.266 e. The molecule has 5 nitrogen and oxygen atoms in total. The van der Waals surface area contributed by atoms with Crippen molar-refractivity contribution in [1.29, 1.82) is 5.26 Å². The Bertz CT molecular complexity index is 1080. The van der Waals surface area contributed by atoms with E-state index in [4.69, 9.17) is 4.74 Å². The first-order chi connectivity index (χ1) is 15.4. The van der Waals surface area contributed by atoms with Crippen molar-refractivity contribution < 1.29 is 14.6 Å². The average Bonchev–Trinajstić information content (AvgIpc) is 2.76. The highest BCUT2D eigenvalue weighted by Crippen LogP contribution is 2.62. The van der Waals surface area contributed by atoms with Crippen molar-refractivity contribution in [1.82, 2.24) is 0 Å². The van der Waals surface area contributed by atoms with E-state index >= 15 is 0 Å². The van der Waals surface area contributed by atoms with Crippen molar-refractivity contribution in [3.05, 3.63) is 65.2 Å². The monoisotopic (exact) mass is 428 g/mol. The topological polar surface area (TPSA) is 82.3 Å². The number of hydrogen-bond donors (Lipinski definition) is 2. The Balaban J connectivity index is 1.31. The van der Waals surface area contributed by atoms with Crippen LogP contribution in [0.25, 0.3) is 6.08 Å². The van der Waals surface area contributed by atoms with E-state index in [1.165, 1.54) is 12.0 Å². The first-order valence-electron chi connectivity index (χ1n) is 11.3. The molecule has 4 bridgehead atoms. The number of nitrogens with zero attached hydrogens (tertiary/aromatic N) is 1. The lowest BCUT2D eigenvalue weighted by atomic mass is 9.46. The number of ether oxygens (including phenoxy) is 1. The van der Waals surface area contributed by atoms with E-state index in [-0.39, 0.29) is 11.0 Å². The van der Waals surface area contributed by atoms with Crippen LogP contribution < -0.4 is 10.1 Å². The van der Waals surface area contributed by atoms with Crippen molar-refractivity contribution in [3.8, 4) is 11.8 Å². The van der Waals surface area contributed by atoms with Crippen LogP contribution >= 0.6 is 0 Å². The summed E-state index contributed by atoms with van der Waals surface area (Å²) in [6.07, 6.45) is 7.89. The molecule has 32 heavy (non-hydrogen) atoms. The molecular formula is C27H28N2O3. The van der Waals surface area contributed by atoms with Crippen LogP contribution in [-0.4, -0.2) is 23.7 Å². The van der Waals surface area contributed by atoms with Crippen LogP contribution in [-0.2, 0) is 10.2 Å². The molecule has 0 aromatic heterocycles. The van der Waals surface area contributed by atoms with Gasteiger partial charge in [-0.25, -0.2) is 0 Å². The van der Waals surface area contributed by atoms with Crippen molar-refractivity contribution in [2.24, 2.45) is 11.8 Å². The number of rotatable bonds is 5. The number of amides is 1. The van der Waals surface area contributed by atoms with Gasteiger partial charge in [-0.2, -0.15) is 5.26 Å². The maximum Gasteiger partial charge on any atom is 0.266 e. The highest BCUT2D eigenvalue weighted by atomic mass is 16.5. The zero-order chi connectivity index (χ0) is 22.3. The number of benzene rings is 2. The highest BCUT2D eigenvalue weighted by Gasteiger charge is 2.57. The first-order valence-corrected chi connectivity index (χ1v) is 11.3. The van der Waals surface area contributed by atoms with E-state index < -0.39 is 11.5 Å². The van der Waals surface area contributed by atoms with E-state index in [2.05, 4.69) is 17.4 Å². The minimum Gasteiger partial charge on any atom is -0.497 e. The molecule has 2 unspecified atom stereocenters. The third-order valence-corrected chi connectivity index (χ3v) is 7.58. The fraction of sp³-hybridized carbons (Fsp3) is 0.407. The van der Waals surface area contributed by atoms with Gasteiger partial charge < -0.3 is 15.2 Å². The number of nitrogens with one attached hydrogen (secondary N) is 1. The molecule has 4 aliphatic rings. The summed E-state index contributed by atoms with van der Waals surface area (Å²) in [5.41, 5.74) is 2.30. The molecule has 1 amide bonds. The van der Waals surface area contributed by atoms with Gasteiger partial charge in [-0.05, 0) is 97.2 Å². The van der Waals surface area contributed by atoms with Gasteiger partial charge >= 0.3 is 0 Å². The third-order valence-electron chi connectivity index (χ3n) is 7.58. The summed E-state index contributed by atoms with van der Waals surface area (Å²) in [5, 5.41) is 23.4. The number of nitriles is 1. The largest absolute Gasteiger partial charge is 0.497 e. The lowest BCUT2D eigenvalue weighted by Gasteiger charge is -2.60. The van der Waals surface area contributed by atoms with E-state index in [0.717, 1.165) is 43.4 Å². The number of methoxy groups -OCH3 is 1. The van der Waals surface area contributed by atoms with Gasteiger partial charge in [-0.1, -0.05) is 24.3 Å². The minimum absolute atomic E-state index is 0.0440. The van der Waals surface area contributed by atoms with Crippen LogP contribution in [0.4, 0.5) is 5.69 Å². The molecule has 4 saturated carbocycles. The molecule has 2 aromatic rings. The molecule has 4 aliphatic carbocycles. The van der Waals surface area contributed by atoms with Gasteiger partial charge in [0, 0.05) is 5.69 Å². The number of anilines is 1. The lowest BCUT2D eigenvalue weighted by Crippen LogP contribution is -2.57. The summed E-state index contributed by atoms with van der Waals surface area (Å²) in [4.78, 5) is 12.7. The van der Waals surface area contributed by atoms with Crippen LogP contribution in [0.1, 0.15) is 49.7 Å². The third kappa shape index (κ3) is 3.80. The molecule has 2 N–H and O–H groups in total. The molecule has 0 spiro atoms. The van der Waals surface area contributed by atoms with Gasteiger partial charge in [0.1, 0.15) is 17.4 Å².